The van der Waals surface area contributed by atoms with Crippen LogP contribution in [0.1, 0.15) is 0 Å². The Morgan fingerprint density at radius 1 is 1.12 bits per heavy atom. The number of alkyl halides is 3. The number of carbonyl (C=O) groups is 1. The van der Waals surface area contributed by atoms with Crippen molar-refractivity contribution in [1.29, 1.82) is 0 Å². The van der Waals surface area contributed by atoms with Crippen LogP contribution in [0.2, 0.25) is 0 Å². The number of carboxylic acids is 1. The van der Waals surface area contributed by atoms with Gasteiger partial charge in [-0.05, 0) is 29.8 Å². The van der Waals surface area contributed by atoms with Crippen molar-refractivity contribution in [2.45, 2.75) is 6.18 Å². The van der Waals surface area contributed by atoms with Crippen LogP contribution in [0.4, 0.5) is 13.2 Å². The van der Waals surface area contributed by atoms with Gasteiger partial charge < -0.3 is 14.6 Å². The minimum atomic E-state index is -5.08. The van der Waals surface area contributed by atoms with E-state index in [0.29, 0.717) is 11.1 Å². The zero-order chi connectivity index (χ0) is 23.8. The van der Waals surface area contributed by atoms with Gasteiger partial charge >= 0.3 is 12.1 Å². The number of fused-ring (bicyclic) bond motifs is 2. The van der Waals surface area contributed by atoms with Crippen LogP contribution in [0.5, 0.6) is 11.5 Å². The molecule has 0 aliphatic carbocycles. The highest BCUT2D eigenvalue weighted by Gasteiger charge is 2.38. The smallest absolute Gasteiger partial charge is 0.475 e. The topological polar surface area (TPSA) is 104 Å². The third-order valence-electron chi connectivity index (χ3n) is 4.64. The van der Waals surface area contributed by atoms with Crippen LogP contribution in [0, 0.1) is 0 Å². The Morgan fingerprint density at radius 2 is 1.79 bits per heavy atom. The number of benzene rings is 1. The van der Waals surface area contributed by atoms with E-state index in [-0.39, 0.29) is 12.4 Å². The number of hydrogen-bond acceptors (Lipinski definition) is 7. The average molecular weight is 477 g/mol. The summed E-state index contributed by atoms with van der Waals surface area (Å²) in [5.41, 5.74) is 3.39. The first-order valence-corrected chi connectivity index (χ1v) is 10.1. The average Bonchev–Trinajstić information content (AvgIpc) is 3.43. The maximum atomic E-state index is 12.8. The number of hydrogen-bond donors (Lipinski definition) is 1. The minimum Gasteiger partial charge on any atom is -0.475 e. The van der Waals surface area contributed by atoms with Gasteiger partial charge in [0.05, 0.1) is 10.1 Å². The number of rotatable bonds is 2. The van der Waals surface area contributed by atoms with Crippen LogP contribution < -0.4 is 15.0 Å². The molecule has 0 fully saturated rings. The molecule has 0 amide bonds. The molecule has 3 aromatic heterocycles. The molecule has 0 saturated carbocycles. The fraction of sp³-hybridized carbons (Fsp3) is 0.143. The first kappa shape index (κ1) is 22.3. The Labute approximate surface area is 187 Å². The van der Waals surface area contributed by atoms with Gasteiger partial charge in [-0.1, -0.05) is 6.07 Å². The summed E-state index contributed by atoms with van der Waals surface area (Å²) >= 11 is 1.52. The largest absolute Gasteiger partial charge is 0.490 e. The highest BCUT2D eigenvalue weighted by Crippen LogP contribution is 2.40. The van der Waals surface area contributed by atoms with Gasteiger partial charge in [0.2, 0.25) is 6.79 Å². The molecule has 170 valence electrons. The van der Waals surface area contributed by atoms with Crippen LogP contribution in [-0.2, 0) is 11.8 Å². The molecule has 4 aromatic rings. The van der Waals surface area contributed by atoms with E-state index in [0.717, 1.165) is 32.8 Å². The first-order valence-electron chi connectivity index (χ1n) is 9.26. The van der Waals surface area contributed by atoms with E-state index in [1.54, 1.807) is 19.4 Å². The molecular weight excluding hydrogens is 463 g/mol. The van der Waals surface area contributed by atoms with Gasteiger partial charge in [-0.3, -0.25) is 9.78 Å². The van der Waals surface area contributed by atoms with Gasteiger partial charge in [0.1, 0.15) is 5.69 Å². The Balaban J connectivity index is 0.000000325. The Morgan fingerprint density at radius 3 is 2.45 bits per heavy atom. The molecule has 12 heteroatoms. The zero-order valence-electron chi connectivity index (χ0n) is 16.8. The number of thiophene rings is 1. The molecule has 0 radical (unpaired) electrons. The van der Waals surface area contributed by atoms with Crippen molar-refractivity contribution in [3.05, 3.63) is 58.5 Å². The third-order valence-corrected chi connectivity index (χ3v) is 5.63. The van der Waals surface area contributed by atoms with Crippen LogP contribution in [0.25, 0.3) is 32.5 Å². The standard InChI is InChI=1S/C19H13N3O3S.C2HF3O2/c1-22-19(23)16-13(12-2-3-14-15(8-12)25-10-24-14)9-26-18(16)17(21-22)11-4-6-20-7-5-11;3-2(4,5)1(6)7/h2-9H,10H2,1H3;(H,6,7). The van der Waals surface area contributed by atoms with Crippen molar-refractivity contribution >= 4 is 27.4 Å². The van der Waals surface area contributed by atoms with Crippen molar-refractivity contribution < 1.29 is 32.5 Å². The highest BCUT2D eigenvalue weighted by atomic mass is 32.1. The molecule has 0 unspecified atom stereocenters. The van der Waals surface area contributed by atoms with Crippen LogP contribution >= 0.6 is 11.3 Å². The lowest BCUT2D eigenvalue weighted by molar-refractivity contribution is -0.192. The van der Waals surface area contributed by atoms with Gasteiger partial charge in [0.15, 0.2) is 11.5 Å². The van der Waals surface area contributed by atoms with Crippen molar-refractivity contribution in [3.8, 4) is 33.9 Å². The van der Waals surface area contributed by atoms with E-state index in [2.05, 4.69) is 10.1 Å². The number of aryl methyl sites for hydroxylation is 1. The monoisotopic (exact) mass is 477 g/mol. The second kappa shape index (κ2) is 8.54. The molecule has 33 heavy (non-hydrogen) atoms. The normalized spacial score (nSPS) is 12.4. The second-order valence-corrected chi connectivity index (χ2v) is 7.62. The molecule has 0 spiro atoms. The maximum Gasteiger partial charge on any atom is 0.490 e. The van der Waals surface area contributed by atoms with Gasteiger partial charge in [-0.15, -0.1) is 11.3 Å². The maximum absolute atomic E-state index is 12.8. The van der Waals surface area contributed by atoms with Crippen molar-refractivity contribution in [2.24, 2.45) is 7.05 Å². The molecule has 0 saturated heterocycles. The van der Waals surface area contributed by atoms with Gasteiger partial charge in [-0.2, -0.15) is 18.3 Å². The SMILES string of the molecule is Cn1nc(-c2ccncc2)c2scc(-c3ccc4c(c3)OCO4)c2c1=O.O=C(O)C(F)(F)F. The zero-order valence-corrected chi connectivity index (χ0v) is 17.6. The fourth-order valence-electron chi connectivity index (χ4n) is 3.12. The van der Waals surface area contributed by atoms with E-state index >= 15 is 0 Å². The van der Waals surface area contributed by atoms with Crippen molar-refractivity contribution in [1.82, 2.24) is 14.8 Å². The second-order valence-electron chi connectivity index (χ2n) is 6.74. The molecule has 1 N–H and O–H groups in total. The number of carboxylic acid groups (broad SMARTS) is 1. The third kappa shape index (κ3) is 4.37. The lowest BCUT2D eigenvalue weighted by Crippen LogP contribution is -2.21. The summed E-state index contributed by atoms with van der Waals surface area (Å²) < 4.78 is 44.8. The first-order chi connectivity index (χ1) is 15.7. The van der Waals surface area contributed by atoms with E-state index in [9.17, 15) is 18.0 Å². The summed E-state index contributed by atoms with van der Waals surface area (Å²) in [6.45, 7) is 0.223. The number of aromatic nitrogens is 3. The molecular formula is C21H14F3N3O5S. The lowest BCUT2D eigenvalue weighted by atomic mass is 10.0. The molecule has 0 bridgehead atoms. The molecule has 1 aliphatic heterocycles. The number of nitrogens with zero attached hydrogens (tertiary/aromatic N) is 3. The molecule has 5 rings (SSSR count). The Hall–Kier alpha value is -3.93. The van der Waals surface area contributed by atoms with E-state index in [4.69, 9.17) is 19.4 Å². The van der Waals surface area contributed by atoms with Crippen molar-refractivity contribution in [3.63, 3.8) is 0 Å². The summed E-state index contributed by atoms with van der Waals surface area (Å²) in [7, 11) is 1.67. The Bertz CT molecular complexity index is 1400. The van der Waals surface area contributed by atoms with E-state index in [1.165, 1.54) is 16.0 Å². The molecule has 0 atom stereocenters. The summed E-state index contributed by atoms with van der Waals surface area (Å²) in [6, 6.07) is 9.52. The predicted molar refractivity (Wildman–Crippen MR) is 113 cm³/mol. The molecule has 1 aromatic carbocycles. The van der Waals surface area contributed by atoms with Crippen LogP contribution in [-0.4, -0.2) is 38.8 Å². The summed E-state index contributed by atoms with van der Waals surface area (Å²) in [5, 5.41) is 14.3. The minimum absolute atomic E-state index is 0.119. The quantitative estimate of drug-likeness (QED) is 0.464. The fourth-order valence-corrected chi connectivity index (χ4v) is 4.20. The summed E-state index contributed by atoms with van der Waals surface area (Å²) in [4.78, 5) is 25.8. The molecule has 4 heterocycles. The summed E-state index contributed by atoms with van der Waals surface area (Å²) in [5.74, 6) is -1.34. The van der Waals surface area contributed by atoms with E-state index < -0.39 is 12.1 Å². The number of ether oxygens (including phenoxy) is 2. The Kier molecular flexibility index (Phi) is 5.77. The van der Waals surface area contributed by atoms with Gasteiger partial charge in [0, 0.05) is 35.9 Å². The lowest BCUT2D eigenvalue weighted by Gasteiger charge is -2.07. The molecule has 1 aliphatic rings. The van der Waals surface area contributed by atoms with Crippen molar-refractivity contribution in [2.75, 3.05) is 6.79 Å². The highest BCUT2D eigenvalue weighted by molar-refractivity contribution is 7.18. The van der Waals surface area contributed by atoms with Crippen LogP contribution in [0.15, 0.2) is 52.9 Å². The predicted octanol–water partition coefficient (Wildman–Crippen LogP) is 4.09. The van der Waals surface area contributed by atoms with Crippen LogP contribution in [0.3, 0.4) is 0 Å². The van der Waals surface area contributed by atoms with Gasteiger partial charge in [0.25, 0.3) is 5.56 Å². The molecule has 8 nitrogen and oxygen atoms in total. The summed E-state index contributed by atoms with van der Waals surface area (Å²) in [6.07, 6.45) is -1.64. The van der Waals surface area contributed by atoms with E-state index in [1.807, 2.05) is 35.7 Å². The van der Waals surface area contributed by atoms with Gasteiger partial charge in [-0.25, -0.2) is 9.48 Å². The number of halogens is 3. The number of pyridine rings is 1. The number of aliphatic carboxylic acids is 1.